The second-order valence-electron chi connectivity index (χ2n) is 4.43. The molecule has 0 saturated heterocycles. The second kappa shape index (κ2) is 5.78. The second-order valence-corrected chi connectivity index (χ2v) is 8.09. The maximum absolute atomic E-state index is 6.44. The summed E-state index contributed by atoms with van der Waals surface area (Å²) in [5, 5.41) is 2.90. The molecule has 2 N–H and O–H groups in total. The van der Waals surface area contributed by atoms with Crippen LogP contribution in [0, 0.1) is 0 Å². The highest BCUT2D eigenvalue weighted by Gasteiger charge is 2.16. The number of hydrogen-bond acceptors (Lipinski definition) is 2. The van der Waals surface area contributed by atoms with Crippen molar-refractivity contribution in [2.24, 2.45) is 5.73 Å². The van der Waals surface area contributed by atoms with E-state index < -0.39 is 0 Å². The fourth-order valence-electron chi connectivity index (χ4n) is 2.23. The first-order chi connectivity index (χ1) is 9.58. The summed E-state index contributed by atoms with van der Waals surface area (Å²) >= 11 is 14.9. The van der Waals surface area contributed by atoms with Crippen molar-refractivity contribution in [3.63, 3.8) is 0 Å². The van der Waals surface area contributed by atoms with E-state index >= 15 is 0 Å². The Labute approximate surface area is 143 Å². The summed E-state index contributed by atoms with van der Waals surface area (Å²) in [6.45, 7) is 0. The van der Waals surface area contributed by atoms with E-state index in [4.69, 9.17) is 17.3 Å². The highest BCUT2D eigenvalue weighted by atomic mass is 79.9. The Morgan fingerprint density at radius 2 is 1.75 bits per heavy atom. The fourth-order valence-corrected chi connectivity index (χ4v) is 4.56. The first-order valence-electron chi connectivity index (χ1n) is 5.95. The average molecular weight is 432 g/mol. The van der Waals surface area contributed by atoms with E-state index in [1.165, 1.54) is 0 Å². The standard InChI is InChI=1S/C15H10Br2ClNS/c16-11-7-13(20-15(11)17)14(19)10-5-6-12(18)9-4-2-1-3-8(9)10/h1-7,14H,19H2. The smallest absolute Gasteiger partial charge is 0.0843 e. The minimum atomic E-state index is -0.162. The Kier molecular flexibility index (Phi) is 4.20. The van der Waals surface area contributed by atoms with Crippen LogP contribution in [-0.2, 0) is 0 Å². The molecule has 1 unspecified atom stereocenters. The zero-order valence-corrected chi connectivity index (χ0v) is 15.0. The van der Waals surface area contributed by atoms with Crippen molar-refractivity contribution in [2.75, 3.05) is 0 Å². The zero-order chi connectivity index (χ0) is 14.3. The van der Waals surface area contributed by atoms with Gasteiger partial charge in [0, 0.05) is 19.8 Å². The van der Waals surface area contributed by atoms with Gasteiger partial charge in [-0.3, -0.25) is 0 Å². The summed E-state index contributed by atoms with van der Waals surface area (Å²) in [6.07, 6.45) is 0. The Balaban J connectivity index is 2.17. The van der Waals surface area contributed by atoms with Crippen molar-refractivity contribution in [3.05, 3.63) is 66.2 Å². The summed E-state index contributed by atoms with van der Waals surface area (Å²) < 4.78 is 2.09. The van der Waals surface area contributed by atoms with E-state index in [1.807, 2.05) is 30.3 Å². The third-order valence-corrected chi connectivity index (χ3v) is 6.88. The summed E-state index contributed by atoms with van der Waals surface area (Å²) in [7, 11) is 0. The van der Waals surface area contributed by atoms with Gasteiger partial charge in [0.2, 0.25) is 0 Å². The van der Waals surface area contributed by atoms with E-state index in [0.717, 1.165) is 34.5 Å². The Hall–Kier alpha value is -0.390. The predicted molar refractivity (Wildman–Crippen MR) is 94.7 cm³/mol. The van der Waals surface area contributed by atoms with Crippen LogP contribution < -0.4 is 5.73 Å². The van der Waals surface area contributed by atoms with Crippen LogP contribution in [0.4, 0.5) is 0 Å². The number of halogens is 3. The van der Waals surface area contributed by atoms with Crippen molar-refractivity contribution in [3.8, 4) is 0 Å². The van der Waals surface area contributed by atoms with Crippen LogP contribution in [0.15, 0.2) is 50.7 Å². The van der Waals surface area contributed by atoms with E-state index in [2.05, 4.69) is 44.0 Å². The topological polar surface area (TPSA) is 26.0 Å². The van der Waals surface area contributed by atoms with Gasteiger partial charge in [-0.1, -0.05) is 41.9 Å². The van der Waals surface area contributed by atoms with Crippen molar-refractivity contribution in [1.82, 2.24) is 0 Å². The molecule has 1 heterocycles. The number of fused-ring (bicyclic) bond motifs is 1. The summed E-state index contributed by atoms with van der Waals surface area (Å²) in [5.74, 6) is 0. The quantitative estimate of drug-likeness (QED) is 0.519. The van der Waals surface area contributed by atoms with Gasteiger partial charge in [-0.05, 0) is 54.9 Å². The van der Waals surface area contributed by atoms with Crippen LogP contribution in [0.5, 0.6) is 0 Å². The predicted octanol–water partition coefficient (Wildman–Crippen LogP) is 6.13. The molecule has 102 valence electrons. The summed E-state index contributed by atoms with van der Waals surface area (Å²) in [6, 6.07) is 13.9. The molecule has 3 aromatic rings. The van der Waals surface area contributed by atoms with Gasteiger partial charge in [-0.25, -0.2) is 0 Å². The molecule has 2 aromatic carbocycles. The molecule has 0 spiro atoms. The van der Waals surface area contributed by atoms with Crippen molar-refractivity contribution in [1.29, 1.82) is 0 Å². The first kappa shape index (κ1) is 14.5. The maximum Gasteiger partial charge on any atom is 0.0843 e. The average Bonchev–Trinajstić information content (AvgIpc) is 2.79. The van der Waals surface area contributed by atoms with Gasteiger partial charge < -0.3 is 5.73 Å². The zero-order valence-electron chi connectivity index (χ0n) is 10.2. The molecule has 20 heavy (non-hydrogen) atoms. The molecule has 1 aromatic heterocycles. The van der Waals surface area contributed by atoms with Crippen molar-refractivity contribution in [2.45, 2.75) is 6.04 Å². The lowest BCUT2D eigenvalue weighted by molar-refractivity contribution is 0.903. The van der Waals surface area contributed by atoms with E-state index in [9.17, 15) is 0 Å². The van der Waals surface area contributed by atoms with Crippen molar-refractivity contribution >= 4 is 65.6 Å². The SMILES string of the molecule is NC(c1cc(Br)c(Br)s1)c1ccc(Cl)c2ccccc12. The van der Waals surface area contributed by atoms with Crippen LogP contribution in [0.2, 0.25) is 5.02 Å². The van der Waals surface area contributed by atoms with Gasteiger partial charge >= 0.3 is 0 Å². The number of benzene rings is 2. The Morgan fingerprint density at radius 1 is 1.05 bits per heavy atom. The lowest BCUT2D eigenvalue weighted by atomic mass is 9.98. The minimum absolute atomic E-state index is 0.162. The molecular weight excluding hydrogens is 422 g/mol. The molecule has 0 aliphatic carbocycles. The molecule has 0 amide bonds. The van der Waals surface area contributed by atoms with E-state index in [1.54, 1.807) is 11.3 Å². The molecule has 0 fully saturated rings. The molecule has 0 aliphatic rings. The lowest BCUT2D eigenvalue weighted by Gasteiger charge is -2.14. The van der Waals surface area contributed by atoms with Crippen molar-refractivity contribution < 1.29 is 0 Å². The monoisotopic (exact) mass is 429 g/mol. The normalized spacial score (nSPS) is 12.8. The molecule has 1 nitrogen and oxygen atoms in total. The molecule has 5 heteroatoms. The van der Waals surface area contributed by atoms with Gasteiger partial charge in [0.25, 0.3) is 0 Å². The Morgan fingerprint density at radius 3 is 2.40 bits per heavy atom. The van der Waals surface area contributed by atoms with Crippen LogP contribution in [0.1, 0.15) is 16.5 Å². The van der Waals surface area contributed by atoms with E-state index in [-0.39, 0.29) is 6.04 Å². The number of rotatable bonds is 2. The Bertz CT molecular complexity index is 765. The molecular formula is C15H10Br2ClNS. The third kappa shape index (κ3) is 2.55. The summed E-state index contributed by atoms with van der Waals surface area (Å²) in [5.41, 5.74) is 7.53. The van der Waals surface area contributed by atoms with Crippen LogP contribution in [0.25, 0.3) is 10.8 Å². The highest BCUT2D eigenvalue weighted by molar-refractivity contribution is 9.13. The molecule has 0 aliphatic heterocycles. The van der Waals surface area contributed by atoms with Crippen LogP contribution in [0.3, 0.4) is 0 Å². The number of thiophene rings is 1. The lowest BCUT2D eigenvalue weighted by Crippen LogP contribution is -2.10. The number of nitrogens with two attached hydrogens (primary N) is 1. The third-order valence-electron chi connectivity index (χ3n) is 3.21. The molecule has 1 atom stereocenters. The molecule has 0 radical (unpaired) electrons. The maximum atomic E-state index is 6.44. The molecule has 3 rings (SSSR count). The summed E-state index contributed by atoms with van der Waals surface area (Å²) in [4.78, 5) is 1.11. The molecule has 0 bridgehead atoms. The minimum Gasteiger partial charge on any atom is -0.320 e. The largest absolute Gasteiger partial charge is 0.320 e. The van der Waals surface area contributed by atoms with Gasteiger partial charge in [-0.15, -0.1) is 11.3 Å². The van der Waals surface area contributed by atoms with Gasteiger partial charge in [0.15, 0.2) is 0 Å². The van der Waals surface area contributed by atoms with Gasteiger partial charge in [0.05, 0.1) is 9.83 Å². The number of hydrogen-bond donors (Lipinski definition) is 1. The molecule has 0 saturated carbocycles. The fraction of sp³-hybridized carbons (Fsp3) is 0.0667. The van der Waals surface area contributed by atoms with E-state index in [0.29, 0.717) is 0 Å². The first-order valence-corrected chi connectivity index (χ1v) is 8.73. The highest BCUT2D eigenvalue weighted by Crippen LogP contribution is 2.39. The van der Waals surface area contributed by atoms with Crippen LogP contribution >= 0.6 is 54.8 Å². The van der Waals surface area contributed by atoms with Crippen LogP contribution in [-0.4, -0.2) is 0 Å². The van der Waals surface area contributed by atoms with Gasteiger partial charge in [0.1, 0.15) is 0 Å². The van der Waals surface area contributed by atoms with Gasteiger partial charge in [-0.2, -0.15) is 0 Å².